The molecule has 21 heavy (non-hydrogen) atoms. The second kappa shape index (κ2) is 5.17. The van der Waals surface area contributed by atoms with Gasteiger partial charge in [-0.05, 0) is 49.9 Å². The number of aryl methyl sites for hydroxylation is 1. The Bertz CT molecular complexity index is 745. The minimum atomic E-state index is 1.01. The maximum absolute atomic E-state index is 4.87. The van der Waals surface area contributed by atoms with Gasteiger partial charge in [0.15, 0.2) is 0 Å². The summed E-state index contributed by atoms with van der Waals surface area (Å²) < 4.78 is 2.07. The van der Waals surface area contributed by atoms with Crippen LogP contribution in [-0.4, -0.2) is 14.8 Å². The molecule has 0 atom stereocenters. The topological polar surface area (TPSA) is 30.7 Å². The third-order valence-corrected chi connectivity index (χ3v) is 4.07. The Morgan fingerprint density at radius 3 is 2.48 bits per heavy atom. The second-order valence-electron chi connectivity index (χ2n) is 5.44. The van der Waals surface area contributed by atoms with E-state index in [4.69, 9.17) is 5.10 Å². The van der Waals surface area contributed by atoms with Crippen LogP contribution < -0.4 is 0 Å². The summed E-state index contributed by atoms with van der Waals surface area (Å²) >= 11 is 0. The summed E-state index contributed by atoms with van der Waals surface area (Å²) in [5, 5.41) is 4.87. The smallest absolute Gasteiger partial charge is 0.0959 e. The first-order chi connectivity index (χ1) is 10.4. The fourth-order valence-corrected chi connectivity index (χ4v) is 3.08. The van der Waals surface area contributed by atoms with Gasteiger partial charge in [-0.15, -0.1) is 0 Å². The molecular weight excluding hydrogens is 258 g/mol. The molecule has 0 spiro atoms. The zero-order valence-corrected chi connectivity index (χ0v) is 11.9. The molecule has 2 aromatic heterocycles. The third kappa shape index (κ3) is 2.15. The Hall–Kier alpha value is -2.42. The molecule has 3 nitrogen and oxygen atoms in total. The zero-order valence-electron chi connectivity index (χ0n) is 11.9. The molecular formula is C18H17N3. The van der Waals surface area contributed by atoms with Gasteiger partial charge < -0.3 is 0 Å². The van der Waals surface area contributed by atoms with E-state index >= 15 is 0 Å². The summed E-state index contributed by atoms with van der Waals surface area (Å²) in [5.41, 5.74) is 5.90. The lowest BCUT2D eigenvalue weighted by atomic mass is 9.95. The SMILES string of the molecule is c1ccc(-n2nc3c(c2-c2ccccn2)CCCC3)cc1. The molecule has 4 rings (SSSR count). The lowest BCUT2D eigenvalue weighted by molar-refractivity contribution is 0.671. The number of rotatable bonds is 2. The molecule has 1 aromatic carbocycles. The van der Waals surface area contributed by atoms with Gasteiger partial charge in [-0.1, -0.05) is 24.3 Å². The van der Waals surface area contributed by atoms with Crippen LogP contribution in [0.15, 0.2) is 54.7 Å². The van der Waals surface area contributed by atoms with E-state index in [1.165, 1.54) is 24.1 Å². The van der Waals surface area contributed by atoms with E-state index in [1.807, 2.05) is 24.4 Å². The Labute approximate surface area is 124 Å². The Morgan fingerprint density at radius 1 is 0.857 bits per heavy atom. The highest BCUT2D eigenvalue weighted by Gasteiger charge is 2.22. The Kier molecular flexibility index (Phi) is 3.03. The van der Waals surface area contributed by atoms with Crippen LogP contribution in [-0.2, 0) is 12.8 Å². The van der Waals surface area contributed by atoms with Crippen LogP contribution >= 0.6 is 0 Å². The zero-order chi connectivity index (χ0) is 14.1. The summed E-state index contributed by atoms with van der Waals surface area (Å²) in [6.45, 7) is 0. The highest BCUT2D eigenvalue weighted by Crippen LogP contribution is 2.32. The van der Waals surface area contributed by atoms with Gasteiger partial charge in [0.05, 0.1) is 22.8 Å². The first-order valence-corrected chi connectivity index (χ1v) is 7.51. The first-order valence-electron chi connectivity index (χ1n) is 7.51. The number of para-hydroxylation sites is 1. The predicted octanol–water partition coefficient (Wildman–Crippen LogP) is 3.81. The Morgan fingerprint density at radius 2 is 1.67 bits per heavy atom. The summed E-state index contributed by atoms with van der Waals surface area (Å²) in [6.07, 6.45) is 6.52. The molecule has 2 heterocycles. The van der Waals surface area contributed by atoms with Crippen molar-refractivity contribution < 1.29 is 0 Å². The number of benzene rings is 1. The van der Waals surface area contributed by atoms with Crippen LogP contribution in [0, 0.1) is 0 Å². The van der Waals surface area contributed by atoms with Gasteiger partial charge in [-0.3, -0.25) is 4.98 Å². The normalized spacial score (nSPS) is 13.9. The van der Waals surface area contributed by atoms with E-state index < -0.39 is 0 Å². The van der Waals surface area contributed by atoms with E-state index in [0.717, 1.165) is 29.9 Å². The summed E-state index contributed by atoms with van der Waals surface area (Å²) in [5.74, 6) is 0. The molecule has 0 unspecified atom stereocenters. The lowest BCUT2D eigenvalue weighted by Crippen LogP contribution is -2.01. The standard InChI is InChI=1S/C18H17N3/c1-2-8-14(9-3-1)21-18(17-12-6-7-13-19-17)15-10-4-5-11-16(15)20-21/h1-3,6-9,12-13H,4-5,10-11H2. The second-order valence-corrected chi connectivity index (χ2v) is 5.44. The van der Waals surface area contributed by atoms with Crippen molar-refractivity contribution in [3.8, 4) is 17.1 Å². The number of hydrogen-bond acceptors (Lipinski definition) is 2. The van der Waals surface area contributed by atoms with Gasteiger partial charge in [-0.2, -0.15) is 5.10 Å². The predicted molar refractivity (Wildman–Crippen MR) is 83.4 cm³/mol. The number of aromatic nitrogens is 3. The van der Waals surface area contributed by atoms with Gasteiger partial charge >= 0.3 is 0 Å². The van der Waals surface area contributed by atoms with Crippen molar-refractivity contribution in [2.24, 2.45) is 0 Å². The van der Waals surface area contributed by atoms with Crippen LogP contribution in [0.1, 0.15) is 24.1 Å². The summed E-state index contributed by atoms with van der Waals surface area (Å²) in [6, 6.07) is 16.4. The molecule has 0 aliphatic heterocycles. The van der Waals surface area contributed by atoms with Crippen molar-refractivity contribution in [2.45, 2.75) is 25.7 Å². The van der Waals surface area contributed by atoms with Gasteiger partial charge in [0, 0.05) is 11.8 Å². The quantitative estimate of drug-likeness (QED) is 0.712. The summed E-state index contributed by atoms with van der Waals surface area (Å²) in [4.78, 5) is 4.55. The molecule has 0 radical (unpaired) electrons. The van der Waals surface area contributed by atoms with Crippen molar-refractivity contribution >= 4 is 0 Å². The minimum Gasteiger partial charge on any atom is -0.255 e. The van der Waals surface area contributed by atoms with Crippen LogP contribution in [0.4, 0.5) is 0 Å². The molecule has 3 heteroatoms. The molecule has 0 bridgehead atoms. The maximum atomic E-state index is 4.87. The fraction of sp³-hybridized carbons (Fsp3) is 0.222. The van der Waals surface area contributed by atoms with E-state index in [0.29, 0.717) is 0 Å². The van der Waals surface area contributed by atoms with E-state index in [1.54, 1.807) is 0 Å². The van der Waals surface area contributed by atoms with Gasteiger partial charge in [-0.25, -0.2) is 4.68 Å². The van der Waals surface area contributed by atoms with Gasteiger partial charge in [0.2, 0.25) is 0 Å². The summed E-state index contributed by atoms with van der Waals surface area (Å²) in [7, 11) is 0. The average molecular weight is 275 g/mol. The molecule has 0 fully saturated rings. The minimum absolute atomic E-state index is 1.01. The van der Waals surface area contributed by atoms with Crippen molar-refractivity contribution in [1.82, 2.24) is 14.8 Å². The van der Waals surface area contributed by atoms with E-state index in [9.17, 15) is 0 Å². The molecule has 3 aromatic rings. The van der Waals surface area contributed by atoms with Crippen molar-refractivity contribution in [1.29, 1.82) is 0 Å². The molecule has 104 valence electrons. The van der Waals surface area contributed by atoms with Crippen LogP contribution in [0.2, 0.25) is 0 Å². The number of fused-ring (bicyclic) bond motifs is 1. The average Bonchev–Trinajstić information content (AvgIpc) is 2.96. The van der Waals surface area contributed by atoms with Gasteiger partial charge in [0.25, 0.3) is 0 Å². The molecule has 0 amide bonds. The largest absolute Gasteiger partial charge is 0.255 e. The maximum Gasteiger partial charge on any atom is 0.0959 e. The van der Waals surface area contributed by atoms with Crippen molar-refractivity contribution in [2.75, 3.05) is 0 Å². The van der Waals surface area contributed by atoms with Crippen LogP contribution in [0.25, 0.3) is 17.1 Å². The van der Waals surface area contributed by atoms with Crippen molar-refractivity contribution in [3.05, 3.63) is 66.0 Å². The molecule has 1 aliphatic rings. The molecule has 0 N–H and O–H groups in total. The number of nitrogens with zero attached hydrogens (tertiary/aromatic N) is 3. The Balaban J connectivity index is 1.96. The molecule has 1 aliphatic carbocycles. The monoisotopic (exact) mass is 275 g/mol. The molecule has 0 saturated carbocycles. The van der Waals surface area contributed by atoms with Crippen molar-refractivity contribution in [3.63, 3.8) is 0 Å². The first kappa shape index (κ1) is 12.3. The molecule has 0 saturated heterocycles. The van der Waals surface area contributed by atoms with Crippen LogP contribution in [0.3, 0.4) is 0 Å². The lowest BCUT2D eigenvalue weighted by Gasteiger charge is -2.11. The number of pyridine rings is 1. The fourth-order valence-electron chi connectivity index (χ4n) is 3.08. The van der Waals surface area contributed by atoms with Gasteiger partial charge in [0.1, 0.15) is 0 Å². The number of hydrogen-bond donors (Lipinski definition) is 0. The highest BCUT2D eigenvalue weighted by molar-refractivity contribution is 5.64. The third-order valence-electron chi connectivity index (χ3n) is 4.07. The van der Waals surface area contributed by atoms with Crippen LogP contribution in [0.5, 0.6) is 0 Å². The van der Waals surface area contributed by atoms with E-state index in [-0.39, 0.29) is 0 Å². The van der Waals surface area contributed by atoms with E-state index in [2.05, 4.69) is 40.0 Å². The highest BCUT2D eigenvalue weighted by atomic mass is 15.3.